The van der Waals surface area contributed by atoms with Crippen LogP contribution in [0.4, 0.5) is 0 Å². The van der Waals surface area contributed by atoms with Crippen LogP contribution in [0.25, 0.3) is 0 Å². The zero-order chi connectivity index (χ0) is 14.9. The van der Waals surface area contributed by atoms with Gasteiger partial charge >= 0.3 is 0 Å². The van der Waals surface area contributed by atoms with Crippen LogP contribution >= 0.6 is 0 Å². The van der Waals surface area contributed by atoms with Crippen LogP contribution in [0.15, 0.2) is 30.3 Å². The first-order valence-corrected chi connectivity index (χ1v) is 7.65. The van der Waals surface area contributed by atoms with Gasteiger partial charge in [0.05, 0.1) is 6.61 Å². The number of hydrogen-bond acceptors (Lipinski definition) is 4. The van der Waals surface area contributed by atoms with Gasteiger partial charge in [0, 0.05) is 32.0 Å². The summed E-state index contributed by atoms with van der Waals surface area (Å²) in [5.74, 6) is -0.207. The summed E-state index contributed by atoms with van der Waals surface area (Å²) in [4.78, 5) is 14.2. The van der Waals surface area contributed by atoms with Gasteiger partial charge in [-0.3, -0.25) is 9.69 Å². The number of piperidine rings is 1. The molecule has 0 radical (unpaired) electrons. The molecule has 0 amide bonds. The van der Waals surface area contributed by atoms with Gasteiger partial charge in [0.1, 0.15) is 11.9 Å². The highest BCUT2D eigenvalue weighted by atomic mass is 16.7. The van der Waals surface area contributed by atoms with Crippen molar-refractivity contribution >= 4 is 5.78 Å². The predicted octanol–water partition coefficient (Wildman–Crippen LogP) is 2.37. The molecule has 2 unspecified atom stereocenters. The van der Waals surface area contributed by atoms with E-state index in [4.69, 9.17) is 9.47 Å². The van der Waals surface area contributed by atoms with Crippen LogP contribution in [0.3, 0.4) is 0 Å². The van der Waals surface area contributed by atoms with Crippen molar-refractivity contribution in [1.82, 2.24) is 4.90 Å². The van der Waals surface area contributed by atoms with Crippen molar-refractivity contribution in [3.05, 3.63) is 35.9 Å². The molecule has 114 valence electrons. The SMILES string of the molecule is CC1(C)OCC(C2CC(=O)CCN2Cc2ccccc2)O1. The number of hydrogen-bond donors (Lipinski definition) is 0. The molecule has 0 aliphatic carbocycles. The van der Waals surface area contributed by atoms with E-state index < -0.39 is 5.79 Å². The number of carbonyl (C=O) groups excluding carboxylic acids is 1. The standard InChI is InChI=1S/C17H23NO3/c1-17(2)20-12-16(21-17)15-10-14(19)8-9-18(15)11-13-6-4-3-5-7-13/h3-7,15-16H,8-12H2,1-2H3. The molecule has 1 aromatic rings. The normalized spacial score (nSPS) is 29.7. The molecule has 0 N–H and O–H groups in total. The zero-order valence-corrected chi connectivity index (χ0v) is 12.7. The average molecular weight is 289 g/mol. The first-order chi connectivity index (χ1) is 10.0. The highest BCUT2D eigenvalue weighted by molar-refractivity contribution is 5.80. The van der Waals surface area contributed by atoms with Crippen molar-refractivity contribution < 1.29 is 14.3 Å². The molecule has 2 saturated heterocycles. The fraction of sp³-hybridized carbons (Fsp3) is 0.588. The maximum absolute atomic E-state index is 11.9. The molecule has 2 aliphatic heterocycles. The van der Waals surface area contributed by atoms with Crippen LogP contribution in [0, 0.1) is 0 Å². The van der Waals surface area contributed by atoms with Gasteiger partial charge in [0.25, 0.3) is 0 Å². The maximum atomic E-state index is 11.9. The number of rotatable bonds is 3. The van der Waals surface area contributed by atoms with Crippen LogP contribution in [-0.2, 0) is 20.8 Å². The van der Waals surface area contributed by atoms with Gasteiger partial charge in [-0.15, -0.1) is 0 Å². The molecule has 1 aromatic carbocycles. The minimum Gasteiger partial charge on any atom is -0.348 e. The summed E-state index contributed by atoms with van der Waals surface area (Å²) in [6, 6.07) is 10.5. The Morgan fingerprint density at radius 1 is 1.29 bits per heavy atom. The second-order valence-corrected chi connectivity index (χ2v) is 6.38. The van der Waals surface area contributed by atoms with Crippen LogP contribution in [0.2, 0.25) is 0 Å². The Morgan fingerprint density at radius 2 is 2.05 bits per heavy atom. The predicted molar refractivity (Wildman–Crippen MR) is 79.8 cm³/mol. The topological polar surface area (TPSA) is 38.8 Å². The van der Waals surface area contributed by atoms with E-state index in [2.05, 4.69) is 29.2 Å². The van der Waals surface area contributed by atoms with E-state index in [1.807, 2.05) is 19.9 Å². The molecule has 4 nitrogen and oxygen atoms in total. The van der Waals surface area contributed by atoms with E-state index in [1.54, 1.807) is 0 Å². The highest BCUT2D eigenvalue weighted by Gasteiger charge is 2.41. The lowest BCUT2D eigenvalue weighted by Gasteiger charge is -2.38. The minimum atomic E-state index is -0.538. The van der Waals surface area contributed by atoms with Gasteiger partial charge < -0.3 is 9.47 Å². The Hall–Kier alpha value is -1.23. The first-order valence-electron chi connectivity index (χ1n) is 7.65. The second kappa shape index (κ2) is 5.87. The number of ether oxygens (including phenoxy) is 2. The lowest BCUT2D eigenvalue weighted by Crippen LogP contribution is -2.50. The molecule has 0 saturated carbocycles. The molecule has 21 heavy (non-hydrogen) atoms. The van der Waals surface area contributed by atoms with Crippen molar-refractivity contribution in [2.45, 2.75) is 51.2 Å². The summed E-state index contributed by atoms with van der Waals surface area (Å²) < 4.78 is 11.7. The molecular formula is C17H23NO3. The summed E-state index contributed by atoms with van der Waals surface area (Å²) in [6.45, 7) is 6.09. The maximum Gasteiger partial charge on any atom is 0.163 e. The van der Waals surface area contributed by atoms with Gasteiger partial charge in [0.15, 0.2) is 5.79 Å². The smallest absolute Gasteiger partial charge is 0.163 e. The van der Waals surface area contributed by atoms with Gasteiger partial charge in [-0.25, -0.2) is 0 Å². The quantitative estimate of drug-likeness (QED) is 0.856. The molecule has 4 heteroatoms. The second-order valence-electron chi connectivity index (χ2n) is 6.38. The first kappa shape index (κ1) is 14.7. The Balaban J connectivity index is 1.73. The molecule has 2 heterocycles. The fourth-order valence-corrected chi connectivity index (χ4v) is 3.18. The number of nitrogens with zero attached hydrogens (tertiary/aromatic N) is 1. The van der Waals surface area contributed by atoms with Gasteiger partial charge in [-0.2, -0.15) is 0 Å². The van der Waals surface area contributed by atoms with Crippen LogP contribution < -0.4 is 0 Å². The molecule has 2 fully saturated rings. The van der Waals surface area contributed by atoms with Gasteiger partial charge in [-0.1, -0.05) is 30.3 Å². The molecule has 0 aromatic heterocycles. The third kappa shape index (κ3) is 3.51. The monoisotopic (exact) mass is 289 g/mol. The van der Waals surface area contributed by atoms with Crippen molar-refractivity contribution in [2.75, 3.05) is 13.2 Å². The number of Topliss-reactive ketones (excluding diaryl/α,β-unsaturated/α-hetero) is 1. The summed E-state index contributed by atoms with van der Waals surface area (Å²) in [6.07, 6.45) is 1.19. The van der Waals surface area contributed by atoms with Crippen molar-refractivity contribution in [3.8, 4) is 0 Å². The van der Waals surface area contributed by atoms with E-state index >= 15 is 0 Å². The van der Waals surface area contributed by atoms with E-state index in [0.717, 1.165) is 13.1 Å². The number of benzene rings is 1. The zero-order valence-electron chi connectivity index (χ0n) is 12.7. The Labute approximate surface area is 126 Å². The molecule has 3 rings (SSSR count). The third-order valence-corrected chi connectivity index (χ3v) is 4.27. The van der Waals surface area contributed by atoms with E-state index in [0.29, 0.717) is 25.2 Å². The molecule has 2 aliphatic rings. The van der Waals surface area contributed by atoms with Crippen LogP contribution in [0.1, 0.15) is 32.3 Å². The lowest BCUT2D eigenvalue weighted by molar-refractivity contribution is -0.151. The van der Waals surface area contributed by atoms with Crippen molar-refractivity contribution in [3.63, 3.8) is 0 Å². The minimum absolute atomic E-state index is 0.0204. The number of ketones is 1. The fourth-order valence-electron chi connectivity index (χ4n) is 3.18. The molecular weight excluding hydrogens is 266 g/mol. The molecule has 0 spiro atoms. The summed E-state index contributed by atoms with van der Waals surface area (Å²) in [7, 11) is 0. The van der Waals surface area contributed by atoms with Gasteiger partial charge in [0.2, 0.25) is 0 Å². The largest absolute Gasteiger partial charge is 0.348 e. The Bertz CT molecular complexity index is 500. The van der Waals surface area contributed by atoms with E-state index in [9.17, 15) is 4.79 Å². The van der Waals surface area contributed by atoms with E-state index in [-0.39, 0.29) is 12.1 Å². The van der Waals surface area contributed by atoms with Crippen LogP contribution in [0.5, 0.6) is 0 Å². The third-order valence-electron chi connectivity index (χ3n) is 4.27. The number of likely N-dealkylation sites (tertiary alicyclic amines) is 1. The number of carbonyl (C=O) groups is 1. The summed E-state index contributed by atoms with van der Waals surface area (Å²) in [5, 5.41) is 0. The van der Waals surface area contributed by atoms with E-state index in [1.165, 1.54) is 5.56 Å². The average Bonchev–Trinajstić information content (AvgIpc) is 2.82. The van der Waals surface area contributed by atoms with Crippen LogP contribution in [-0.4, -0.2) is 41.8 Å². The summed E-state index contributed by atoms with van der Waals surface area (Å²) in [5.41, 5.74) is 1.27. The Kier molecular flexibility index (Phi) is 4.11. The van der Waals surface area contributed by atoms with Crippen molar-refractivity contribution in [1.29, 1.82) is 0 Å². The lowest BCUT2D eigenvalue weighted by atomic mass is 9.96. The van der Waals surface area contributed by atoms with Gasteiger partial charge in [-0.05, 0) is 19.4 Å². The Morgan fingerprint density at radius 3 is 2.71 bits per heavy atom. The summed E-state index contributed by atoms with van der Waals surface area (Å²) >= 11 is 0. The highest BCUT2D eigenvalue weighted by Crippen LogP contribution is 2.30. The molecule has 2 atom stereocenters. The molecule has 0 bridgehead atoms. The van der Waals surface area contributed by atoms with Crippen molar-refractivity contribution in [2.24, 2.45) is 0 Å².